The number of Topliss-reactive ketones (excluding diaryl/α,β-unsaturated/α-hetero) is 1. The second-order valence-electron chi connectivity index (χ2n) is 10.2. The van der Waals surface area contributed by atoms with Gasteiger partial charge in [0.05, 0.1) is 22.7 Å². The van der Waals surface area contributed by atoms with Crippen LogP contribution in [0.5, 0.6) is 0 Å². The van der Waals surface area contributed by atoms with E-state index in [1.54, 1.807) is 23.1 Å². The Hall–Kier alpha value is -2.26. The molecule has 1 fully saturated rings. The van der Waals surface area contributed by atoms with E-state index in [9.17, 15) is 9.59 Å². The number of amides is 1. The van der Waals surface area contributed by atoms with Crippen LogP contribution in [0.2, 0.25) is 5.02 Å². The molecule has 208 valence electrons. The van der Waals surface area contributed by atoms with E-state index in [2.05, 4.69) is 43.5 Å². The van der Waals surface area contributed by atoms with Gasteiger partial charge >= 0.3 is 0 Å². The van der Waals surface area contributed by atoms with Gasteiger partial charge in [0.15, 0.2) is 5.78 Å². The summed E-state index contributed by atoms with van der Waals surface area (Å²) in [6.07, 6.45) is 5.77. The molecule has 0 bridgehead atoms. The van der Waals surface area contributed by atoms with Crippen molar-refractivity contribution in [1.82, 2.24) is 19.8 Å². The number of aromatic nitrogens is 2. The van der Waals surface area contributed by atoms with E-state index in [4.69, 9.17) is 11.6 Å². The zero-order valence-electron chi connectivity index (χ0n) is 22.9. The first-order chi connectivity index (χ1) is 18.8. The van der Waals surface area contributed by atoms with Crippen molar-refractivity contribution in [3.8, 4) is 0 Å². The number of aryl methyl sites for hydroxylation is 2. The summed E-state index contributed by atoms with van der Waals surface area (Å²) in [5.74, 6) is 0.735. The number of ketones is 1. The van der Waals surface area contributed by atoms with Crippen molar-refractivity contribution < 1.29 is 9.59 Å². The average Bonchev–Trinajstić information content (AvgIpc) is 3.45. The van der Waals surface area contributed by atoms with Crippen LogP contribution in [0.1, 0.15) is 66.3 Å². The minimum absolute atomic E-state index is 0.135. The summed E-state index contributed by atoms with van der Waals surface area (Å²) in [6, 6.07) is 10.4. The number of nitrogens with zero attached hydrogens (tertiary/aromatic N) is 4. The third-order valence-corrected chi connectivity index (χ3v) is 9.50. The number of thiophene rings is 1. The summed E-state index contributed by atoms with van der Waals surface area (Å²) >= 11 is 9.25. The Bertz CT molecular complexity index is 1210. The Balaban J connectivity index is 1.28. The Morgan fingerprint density at radius 3 is 2.46 bits per heavy atom. The molecule has 0 aliphatic carbocycles. The van der Waals surface area contributed by atoms with Crippen molar-refractivity contribution in [2.45, 2.75) is 76.4 Å². The molecule has 6 nitrogen and oxygen atoms in total. The van der Waals surface area contributed by atoms with E-state index in [-0.39, 0.29) is 17.7 Å². The maximum atomic E-state index is 13.4. The maximum Gasteiger partial charge on any atom is 0.233 e. The minimum Gasteiger partial charge on any atom is -0.335 e. The topological polar surface area (TPSA) is 66.4 Å². The third-order valence-electron chi connectivity index (χ3n) is 7.52. The van der Waals surface area contributed by atoms with Crippen molar-refractivity contribution in [2.24, 2.45) is 0 Å². The number of piperidine rings is 1. The first kappa shape index (κ1) is 29.7. The van der Waals surface area contributed by atoms with Gasteiger partial charge in [-0.15, -0.1) is 11.8 Å². The number of likely N-dealkylation sites (tertiary alicyclic amines) is 1. The first-order valence-electron chi connectivity index (χ1n) is 13.6. The number of hydrogen-bond donors (Lipinski definition) is 0. The molecule has 1 saturated heterocycles. The lowest BCUT2D eigenvalue weighted by Crippen LogP contribution is -2.49. The number of benzene rings is 1. The molecule has 1 aliphatic rings. The van der Waals surface area contributed by atoms with Gasteiger partial charge in [0.25, 0.3) is 0 Å². The molecule has 39 heavy (non-hydrogen) atoms. The van der Waals surface area contributed by atoms with Crippen molar-refractivity contribution in [2.75, 3.05) is 18.8 Å². The molecule has 3 heterocycles. The summed E-state index contributed by atoms with van der Waals surface area (Å²) in [6.45, 7) is 8.58. The largest absolute Gasteiger partial charge is 0.335 e. The second-order valence-corrected chi connectivity index (χ2v) is 12.5. The molecule has 0 spiro atoms. The van der Waals surface area contributed by atoms with Gasteiger partial charge in [0.1, 0.15) is 6.33 Å². The molecule has 0 N–H and O–H groups in total. The fourth-order valence-corrected chi connectivity index (χ4v) is 6.83. The third kappa shape index (κ3) is 8.37. The fourth-order valence-electron chi connectivity index (χ4n) is 5.26. The molecule has 1 unspecified atom stereocenters. The van der Waals surface area contributed by atoms with Gasteiger partial charge in [-0.05, 0) is 93.1 Å². The average molecular weight is 585 g/mol. The highest BCUT2D eigenvalue weighted by atomic mass is 35.5. The number of thioether (sulfide) groups is 1. The smallest absolute Gasteiger partial charge is 0.233 e. The Morgan fingerprint density at radius 2 is 1.82 bits per heavy atom. The highest BCUT2D eigenvalue weighted by Gasteiger charge is 2.30. The van der Waals surface area contributed by atoms with Gasteiger partial charge in [-0.2, -0.15) is 11.3 Å². The van der Waals surface area contributed by atoms with Crippen LogP contribution in [0, 0.1) is 13.8 Å². The summed E-state index contributed by atoms with van der Waals surface area (Å²) < 4.78 is 0. The quantitative estimate of drug-likeness (QED) is 0.172. The summed E-state index contributed by atoms with van der Waals surface area (Å²) in [7, 11) is 0. The predicted octanol–water partition coefficient (Wildman–Crippen LogP) is 6.84. The molecule has 1 amide bonds. The highest BCUT2D eigenvalue weighted by molar-refractivity contribution is 8.00. The van der Waals surface area contributed by atoms with Gasteiger partial charge in [-0.1, -0.05) is 11.6 Å². The van der Waals surface area contributed by atoms with Crippen LogP contribution < -0.4 is 0 Å². The van der Waals surface area contributed by atoms with Crippen LogP contribution in [-0.4, -0.2) is 62.4 Å². The summed E-state index contributed by atoms with van der Waals surface area (Å²) in [5.41, 5.74) is 3.39. The Morgan fingerprint density at radius 1 is 1.13 bits per heavy atom. The molecule has 0 radical (unpaired) electrons. The standard InChI is InChI=1S/C30H37ClN4O2S2/c1-21(5-4-6-28(36)30-22(2)32-20-33-23(30)3)34-14-11-26(12-15-34)35(17-24-13-16-38-18-24)29(37)19-39-27-9-7-25(31)8-10-27/h7-10,13,16,18,20-21,26H,4-6,11-12,14-15,17,19H2,1-3H3. The monoisotopic (exact) mass is 584 g/mol. The lowest BCUT2D eigenvalue weighted by atomic mass is 9.98. The van der Waals surface area contributed by atoms with E-state index < -0.39 is 0 Å². The molecule has 9 heteroatoms. The molecule has 4 rings (SSSR count). The molecule has 0 saturated carbocycles. The fraction of sp³-hybridized carbons (Fsp3) is 0.467. The SMILES string of the molecule is Cc1ncnc(C)c1C(=O)CCCC(C)N1CCC(N(Cc2ccsc2)C(=O)CSc2ccc(Cl)cc2)CC1. The predicted molar refractivity (Wildman–Crippen MR) is 161 cm³/mol. The van der Waals surface area contributed by atoms with Gasteiger partial charge in [0, 0.05) is 48.1 Å². The summed E-state index contributed by atoms with van der Waals surface area (Å²) in [4.78, 5) is 40.2. The van der Waals surface area contributed by atoms with Gasteiger partial charge in [-0.3, -0.25) is 9.59 Å². The van der Waals surface area contributed by atoms with E-state index in [0.717, 1.165) is 55.1 Å². The van der Waals surface area contributed by atoms with Crippen molar-refractivity contribution in [1.29, 1.82) is 0 Å². The lowest BCUT2D eigenvalue weighted by molar-refractivity contribution is -0.132. The normalized spacial score (nSPS) is 15.3. The maximum absolute atomic E-state index is 13.4. The minimum atomic E-state index is 0.135. The summed E-state index contributed by atoms with van der Waals surface area (Å²) in [5, 5.41) is 4.91. The number of hydrogen-bond acceptors (Lipinski definition) is 7. The Kier molecular flexibility index (Phi) is 11.0. The molecule has 2 aromatic heterocycles. The van der Waals surface area contributed by atoms with Crippen LogP contribution >= 0.6 is 34.7 Å². The molecule has 1 aromatic carbocycles. The van der Waals surface area contributed by atoms with Crippen molar-refractivity contribution in [3.05, 3.63) is 75.0 Å². The van der Waals surface area contributed by atoms with E-state index >= 15 is 0 Å². The highest BCUT2D eigenvalue weighted by Crippen LogP contribution is 2.26. The van der Waals surface area contributed by atoms with Crippen LogP contribution in [0.15, 0.2) is 52.3 Å². The van der Waals surface area contributed by atoms with Gasteiger partial charge < -0.3 is 9.80 Å². The van der Waals surface area contributed by atoms with Crippen LogP contribution in [0.4, 0.5) is 0 Å². The number of carbonyl (C=O) groups is 2. The van der Waals surface area contributed by atoms with Crippen molar-refractivity contribution >= 4 is 46.4 Å². The number of halogens is 1. The Labute approximate surface area is 245 Å². The molecular weight excluding hydrogens is 548 g/mol. The van der Waals surface area contributed by atoms with Crippen LogP contribution in [-0.2, 0) is 11.3 Å². The first-order valence-corrected chi connectivity index (χ1v) is 15.9. The molecule has 1 atom stereocenters. The van der Waals surface area contributed by atoms with E-state index in [0.29, 0.717) is 35.3 Å². The van der Waals surface area contributed by atoms with Gasteiger partial charge in [0.2, 0.25) is 5.91 Å². The second kappa shape index (κ2) is 14.4. The molecular formula is C30H37ClN4O2S2. The van der Waals surface area contributed by atoms with Gasteiger partial charge in [-0.25, -0.2) is 9.97 Å². The van der Waals surface area contributed by atoms with Crippen LogP contribution in [0.25, 0.3) is 0 Å². The zero-order chi connectivity index (χ0) is 27.8. The molecule has 3 aromatic rings. The van der Waals surface area contributed by atoms with E-state index in [1.165, 1.54) is 11.9 Å². The molecule has 1 aliphatic heterocycles. The number of rotatable bonds is 12. The van der Waals surface area contributed by atoms with E-state index in [1.807, 2.05) is 38.1 Å². The lowest BCUT2D eigenvalue weighted by Gasteiger charge is -2.41. The van der Waals surface area contributed by atoms with Crippen molar-refractivity contribution in [3.63, 3.8) is 0 Å². The zero-order valence-corrected chi connectivity index (χ0v) is 25.3. The van der Waals surface area contributed by atoms with Crippen LogP contribution in [0.3, 0.4) is 0 Å². The number of carbonyl (C=O) groups excluding carboxylic acids is 2.